The number of hydrogen-bond acceptors (Lipinski definition) is 2. The van der Waals surface area contributed by atoms with Crippen LogP contribution in [0, 0.1) is 5.41 Å². The first-order valence-corrected chi connectivity index (χ1v) is 7.22. The van der Waals surface area contributed by atoms with Gasteiger partial charge in [0.2, 0.25) is 0 Å². The van der Waals surface area contributed by atoms with E-state index in [1.165, 1.54) is 0 Å². The van der Waals surface area contributed by atoms with E-state index in [0.717, 1.165) is 38.5 Å². The molecule has 3 N–H and O–H groups in total. The van der Waals surface area contributed by atoms with Gasteiger partial charge in [-0.1, -0.05) is 25.7 Å². The largest absolute Gasteiger partial charge is 0.390 e. The van der Waals surface area contributed by atoms with Gasteiger partial charge in [0.15, 0.2) is 0 Å². The molecule has 1 atom stereocenters. The molecule has 0 aromatic carbocycles. The lowest BCUT2D eigenvalue weighted by atomic mass is 9.66. The Kier molecular flexibility index (Phi) is 5.68. The summed E-state index contributed by atoms with van der Waals surface area (Å²) in [6.45, 7) is 2.02. The molecule has 0 aliphatic heterocycles. The fourth-order valence-electron chi connectivity index (χ4n) is 3.27. The van der Waals surface area contributed by atoms with Gasteiger partial charge in [0.25, 0.3) is 0 Å². The van der Waals surface area contributed by atoms with Crippen LogP contribution in [-0.4, -0.2) is 23.4 Å². The maximum absolute atomic E-state index is 12.2. The normalized spacial score (nSPS) is 23.7. The highest BCUT2D eigenvalue weighted by atomic mass is 19.4. The Bertz CT molecular complexity index is 268. The van der Waals surface area contributed by atoms with Crippen molar-refractivity contribution in [3.8, 4) is 0 Å². The lowest BCUT2D eigenvalue weighted by molar-refractivity contribution is -0.142. The van der Waals surface area contributed by atoms with Crippen molar-refractivity contribution in [3.63, 3.8) is 0 Å². The van der Waals surface area contributed by atoms with Crippen LogP contribution in [0.5, 0.6) is 0 Å². The zero-order chi connectivity index (χ0) is 14.6. The highest BCUT2D eigenvalue weighted by Crippen LogP contribution is 2.45. The van der Waals surface area contributed by atoms with Crippen LogP contribution in [0.25, 0.3) is 0 Å². The summed E-state index contributed by atoms with van der Waals surface area (Å²) >= 11 is 0. The smallest absolute Gasteiger partial charge is 0.389 e. The van der Waals surface area contributed by atoms with Crippen LogP contribution < -0.4 is 5.73 Å². The molecule has 5 heteroatoms. The lowest BCUT2D eigenvalue weighted by Crippen LogP contribution is -2.50. The van der Waals surface area contributed by atoms with Gasteiger partial charge < -0.3 is 10.8 Å². The fourth-order valence-corrected chi connectivity index (χ4v) is 3.27. The van der Waals surface area contributed by atoms with Crippen LogP contribution in [0.4, 0.5) is 13.2 Å². The van der Waals surface area contributed by atoms with Crippen molar-refractivity contribution in [1.82, 2.24) is 0 Å². The maximum Gasteiger partial charge on any atom is 0.389 e. The second kappa shape index (κ2) is 6.44. The van der Waals surface area contributed by atoms with Gasteiger partial charge in [-0.25, -0.2) is 0 Å². The van der Waals surface area contributed by atoms with E-state index in [1.807, 2.05) is 0 Å². The first-order chi connectivity index (χ1) is 8.72. The highest BCUT2D eigenvalue weighted by Gasteiger charge is 2.45. The molecule has 0 saturated heterocycles. The standard InChI is InChI=1S/C14H26F3NO/c1-12(19,7-6-10-14(15,16)17)13(11-18)8-4-2-3-5-9-13/h19H,2-11,18H2,1H3. The third-order valence-electron chi connectivity index (χ3n) is 4.72. The van der Waals surface area contributed by atoms with Gasteiger partial charge in [-0.05, 0) is 32.6 Å². The monoisotopic (exact) mass is 281 g/mol. The Morgan fingerprint density at radius 2 is 1.58 bits per heavy atom. The van der Waals surface area contributed by atoms with Gasteiger partial charge in [0.1, 0.15) is 0 Å². The summed E-state index contributed by atoms with van der Waals surface area (Å²) in [5.74, 6) is 0. The molecule has 0 bridgehead atoms. The van der Waals surface area contributed by atoms with Crippen LogP contribution >= 0.6 is 0 Å². The van der Waals surface area contributed by atoms with Gasteiger partial charge >= 0.3 is 6.18 Å². The molecule has 1 unspecified atom stereocenters. The average Bonchev–Trinajstić information content (AvgIpc) is 2.53. The molecule has 1 aliphatic carbocycles. The summed E-state index contributed by atoms with van der Waals surface area (Å²) in [6.07, 6.45) is 1.08. The molecule has 1 aliphatic rings. The Morgan fingerprint density at radius 3 is 2.00 bits per heavy atom. The highest BCUT2D eigenvalue weighted by molar-refractivity contribution is 4.97. The van der Waals surface area contributed by atoms with Crippen molar-refractivity contribution in [1.29, 1.82) is 0 Å². The molecule has 2 nitrogen and oxygen atoms in total. The molecule has 0 amide bonds. The molecule has 114 valence electrons. The summed E-state index contributed by atoms with van der Waals surface area (Å²) in [4.78, 5) is 0. The molecule has 0 spiro atoms. The SMILES string of the molecule is CC(O)(CCCC(F)(F)F)C1(CN)CCCCCC1. The quantitative estimate of drug-likeness (QED) is 0.753. The van der Waals surface area contributed by atoms with Crippen LogP contribution in [0.2, 0.25) is 0 Å². The molecule has 1 fully saturated rings. The van der Waals surface area contributed by atoms with Crippen LogP contribution in [0.15, 0.2) is 0 Å². The van der Waals surface area contributed by atoms with E-state index in [2.05, 4.69) is 0 Å². The first kappa shape index (κ1) is 16.8. The van der Waals surface area contributed by atoms with Crippen molar-refractivity contribution < 1.29 is 18.3 Å². The second-order valence-corrected chi connectivity index (χ2v) is 6.14. The zero-order valence-electron chi connectivity index (χ0n) is 11.7. The van der Waals surface area contributed by atoms with E-state index in [4.69, 9.17) is 5.73 Å². The van der Waals surface area contributed by atoms with E-state index in [-0.39, 0.29) is 12.8 Å². The molecule has 0 radical (unpaired) electrons. The zero-order valence-corrected chi connectivity index (χ0v) is 11.7. The predicted molar refractivity (Wildman–Crippen MR) is 69.7 cm³/mol. The van der Waals surface area contributed by atoms with Gasteiger partial charge in [0.05, 0.1) is 5.60 Å². The van der Waals surface area contributed by atoms with Crippen LogP contribution in [0.1, 0.15) is 64.7 Å². The number of hydrogen-bond donors (Lipinski definition) is 2. The maximum atomic E-state index is 12.2. The number of nitrogens with two attached hydrogens (primary N) is 1. The number of alkyl halides is 3. The number of halogens is 3. The molecule has 1 rings (SSSR count). The topological polar surface area (TPSA) is 46.2 Å². The van der Waals surface area contributed by atoms with E-state index in [0.29, 0.717) is 6.54 Å². The van der Waals surface area contributed by atoms with Crippen molar-refractivity contribution in [2.75, 3.05) is 6.54 Å². The third-order valence-corrected chi connectivity index (χ3v) is 4.72. The van der Waals surface area contributed by atoms with Gasteiger partial charge in [-0.3, -0.25) is 0 Å². The van der Waals surface area contributed by atoms with Crippen molar-refractivity contribution >= 4 is 0 Å². The first-order valence-electron chi connectivity index (χ1n) is 7.22. The van der Waals surface area contributed by atoms with Gasteiger partial charge in [-0.15, -0.1) is 0 Å². The summed E-state index contributed by atoms with van der Waals surface area (Å²) in [6, 6.07) is 0. The molecule has 0 aromatic rings. The Hall–Kier alpha value is -0.290. The summed E-state index contributed by atoms with van der Waals surface area (Å²) in [5.41, 5.74) is 4.36. The minimum atomic E-state index is -4.14. The summed E-state index contributed by atoms with van der Waals surface area (Å²) in [7, 11) is 0. The fraction of sp³-hybridized carbons (Fsp3) is 1.00. The van der Waals surface area contributed by atoms with Crippen LogP contribution in [-0.2, 0) is 0 Å². The lowest BCUT2D eigenvalue weighted by Gasteiger charge is -2.45. The van der Waals surface area contributed by atoms with Crippen molar-refractivity contribution in [2.24, 2.45) is 11.1 Å². The van der Waals surface area contributed by atoms with Crippen molar-refractivity contribution in [2.45, 2.75) is 76.5 Å². The molecule has 19 heavy (non-hydrogen) atoms. The summed E-state index contributed by atoms with van der Waals surface area (Å²) in [5, 5.41) is 10.7. The van der Waals surface area contributed by atoms with Crippen LogP contribution in [0.3, 0.4) is 0 Å². The molecular weight excluding hydrogens is 255 g/mol. The van der Waals surface area contributed by atoms with Gasteiger partial charge in [-0.2, -0.15) is 13.2 Å². The molecular formula is C14H26F3NO. The number of aliphatic hydroxyl groups is 1. The van der Waals surface area contributed by atoms with E-state index in [1.54, 1.807) is 6.92 Å². The minimum Gasteiger partial charge on any atom is -0.390 e. The van der Waals surface area contributed by atoms with E-state index in [9.17, 15) is 18.3 Å². The molecule has 0 aromatic heterocycles. The van der Waals surface area contributed by atoms with E-state index >= 15 is 0 Å². The second-order valence-electron chi connectivity index (χ2n) is 6.14. The van der Waals surface area contributed by atoms with Gasteiger partial charge in [0, 0.05) is 18.4 Å². The Balaban J connectivity index is 2.65. The van der Waals surface area contributed by atoms with E-state index < -0.39 is 23.6 Å². The summed E-state index contributed by atoms with van der Waals surface area (Å²) < 4.78 is 36.6. The predicted octanol–water partition coefficient (Wildman–Crippen LogP) is 3.77. The Labute approximate surface area is 113 Å². The molecule has 1 saturated carbocycles. The average molecular weight is 281 g/mol. The number of rotatable bonds is 5. The Morgan fingerprint density at radius 1 is 1.05 bits per heavy atom. The minimum absolute atomic E-state index is 0.0295. The third kappa shape index (κ3) is 4.63. The van der Waals surface area contributed by atoms with Crippen molar-refractivity contribution in [3.05, 3.63) is 0 Å². The molecule has 0 heterocycles.